The van der Waals surface area contributed by atoms with Crippen LogP contribution in [0.2, 0.25) is 5.02 Å². The highest BCUT2D eigenvalue weighted by Gasteiger charge is 2.10. The Morgan fingerprint density at radius 3 is 2.84 bits per heavy atom. The molecule has 0 aliphatic heterocycles. The van der Waals surface area contributed by atoms with E-state index < -0.39 is 0 Å². The average Bonchev–Trinajstić information content (AvgIpc) is 3.27. The predicted molar refractivity (Wildman–Crippen MR) is 97.4 cm³/mol. The van der Waals surface area contributed by atoms with Crippen LogP contribution in [-0.4, -0.2) is 22.3 Å². The normalized spacial score (nSPS) is 11.8. The number of nitrogens with one attached hydrogen (secondary N) is 2. The summed E-state index contributed by atoms with van der Waals surface area (Å²) in [5, 5.41) is 11.4. The van der Waals surface area contributed by atoms with E-state index in [0.29, 0.717) is 16.4 Å². The number of amides is 1. The monoisotopic (exact) mass is 354 g/mol. The minimum atomic E-state index is -0.380. The first-order valence-electron chi connectivity index (χ1n) is 7.48. The van der Waals surface area contributed by atoms with Crippen molar-refractivity contribution in [3.63, 3.8) is 0 Å². The van der Waals surface area contributed by atoms with Gasteiger partial charge in [-0.3, -0.25) is 9.89 Å². The van der Waals surface area contributed by atoms with E-state index in [-0.39, 0.29) is 5.91 Å². The lowest BCUT2D eigenvalue weighted by molar-refractivity contribution is 0.0950. The van der Waals surface area contributed by atoms with Crippen molar-refractivity contribution < 1.29 is 9.21 Å². The van der Waals surface area contributed by atoms with Gasteiger partial charge in [0.25, 0.3) is 5.91 Å². The molecule has 0 bridgehead atoms. The van der Waals surface area contributed by atoms with Crippen molar-refractivity contribution in [2.24, 2.45) is 5.10 Å². The molecular weight excluding hydrogens is 340 g/mol. The Bertz CT molecular complexity index is 909. The van der Waals surface area contributed by atoms with Crippen LogP contribution in [0.3, 0.4) is 0 Å². The molecule has 0 spiro atoms. The van der Waals surface area contributed by atoms with Gasteiger partial charge in [0.15, 0.2) is 0 Å². The van der Waals surface area contributed by atoms with E-state index in [2.05, 4.69) is 20.7 Å². The minimum Gasteiger partial charge on any atom is -0.465 e. The van der Waals surface area contributed by atoms with Gasteiger partial charge in [0.1, 0.15) is 11.5 Å². The van der Waals surface area contributed by atoms with Crippen molar-refractivity contribution in [1.82, 2.24) is 15.6 Å². The Labute approximate surface area is 149 Å². The summed E-state index contributed by atoms with van der Waals surface area (Å²) in [4.78, 5) is 12.1. The molecule has 0 saturated carbocycles. The molecule has 6 nitrogen and oxygen atoms in total. The fourth-order valence-corrected chi connectivity index (χ4v) is 2.22. The molecule has 0 radical (unpaired) electrons. The van der Waals surface area contributed by atoms with E-state index in [0.717, 1.165) is 16.9 Å². The van der Waals surface area contributed by atoms with Gasteiger partial charge in [-0.1, -0.05) is 23.7 Å². The summed E-state index contributed by atoms with van der Waals surface area (Å²) < 4.78 is 5.21. The molecule has 7 heteroatoms. The van der Waals surface area contributed by atoms with Crippen molar-refractivity contribution in [2.75, 3.05) is 0 Å². The van der Waals surface area contributed by atoms with Crippen LogP contribution in [0, 0.1) is 0 Å². The number of allylic oxidation sites excluding steroid dienone is 1. The van der Waals surface area contributed by atoms with Crippen molar-refractivity contribution in [3.05, 3.63) is 70.8 Å². The number of aromatic nitrogens is 2. The molecule has 0 fully saturated rings. The number of furan rings is 1. The molecule has 0 atom stereocenters. The summed E-state index contributed by atoms with van der Waals surface area (Å²) in [7, 11) is 0. The summed E-state index contributed by atoms with van der Waals surface area (Å²) in [5.41, 5.74) is 5.11. The van der Waals surface area contributed by atoms with E-state index in [1.807, 2.05) is 31.2 Å². The molecule has 126 valence electrons. The molecule has 0 aliphatic rings. The highest BCUT2D eigenvalue weighted by molar-refractivity contribution is 6.30. The lowest BCUT2D eigenvalue weighted by atomic mass is 10.1. The Kier molecular flexibility index (Phi) is 5.11. The van der Waals surface area contributed by atoms with Gasteiger partial charge in [-0.05, 0) is 48.9 Å². The smallest absolute Gasteiger partial charge is 0.289 e. The van der Waals surface area contributed by atoms with E-state index in [1.165, 1.54) is 6.21 Å². The third-order valence-electron chi connectivity index (χ3n) is 3.31. The molecule has 1 amide bonds. The second kappa shape index (κ2) is 7.63. The van der Waals surface area contributed by atoms with Crippen LogP contribution in [-0.2, 0) is 0 Å². The van der Waals surface area contributed by atoms with E-state index in [1.54, 1.807) is 30.5 Å². The maximum atomic E-state index is 12.1. The van der Waals surface area contributed by atoms with Crippen LogP contribution in [0.25, 0.3) is 17.3 Å². The number of hydrogen-bond donors (Lipinski definition) is 2. The maximum Gasteiger partial charge on any atom is 0.289 e. The zero-order valence-corrected chi connectivity index (χ0v) is 14.1. The van der Waals surface area contributed by atoms with Crippen LogP contribution in [0.1, 0.15) is 23.2 Å². The number of benzene rings is 1. The molecular formula is C18H15ClN4O2. The van der Waals surface area contributed by atoms with Gasteiger partial charge >= 0.3 is 0 Å². The summed E-state index contributed by atoms with van der Waals surface area (Å²) in [6.45, 7) is 1.85. The number of nitrogens with zero attached hydrogens (tertiary/aromatic N) is 2. The maximum absolute atomic E-state index is 12.1. The zero-order valence-electron chi connectivity index (χ0n) is 13.4. The SMILES string of the molecule is CC(=C/c1ccco1)/C=N/NC(=O)c1cc(-c2ccc(Cl)cc2)n[nH]1. The molecule has 2 N–H and O–H groups in total. The number of rotatable bonds is 5. The summed E-state index contributed by atoms with van der Waals surface area (Å²) in [6, 6.07) is 12.5. The third-order valence-corrected chi connectivity index (χ3v) is 3.56. The molecule has 3 rings (SSSR count). The number of aromatic amines is 1. The number of carbonyl (C=O) groups excluding carboxylic acids is 1. The summed E-state index contributed by atoms with van der Waals surface area (Å²) >= 11 is 5.86. The molecule has 3 aromatic rings. The third kappa shape index (κ3) is 4.45. The summed E-state index contributed by atoms with van der Waals surface area (Å²) in [6.07, 6.45) is 4.94. The van der Waals surface area contributed by atoms with Gasteiger partial charge in [-0.2, -0.15) is 10.2 Å². The lowest BCUT2D eigenvalue weighted by Gasteiger charge is -1.96. The van der Waals surface area contributed by atoms with Crippen molar-refractivity contribution in [2.45, 2.75) is 6.92 Å². The predicted octanol–water partition coefficient (Wildman–Crippen LogP) is 4.14. The second-order valence-corrected chi connectivity index (χ2v) is 5.71. The van der Waals surface area contributed by atoms with Gasteiger partial charge in [-0.25, -0.2) is 5.43 Å². The molecule has 2 aromatic heterocycles. The minimum absolute atomic E-state index is 0.315. The van der Waals surface area contributed by atoms with Crippen LogP contribution in [0.15, 0.2) is 63.8 Å². The van der Waals surface area contributed by atoms with E-state index in [4.69, 9.17) is 16.0 Å². The largest absolute Gasteiger partial charge is 0.465 e. The van der Waals surface area contributed by atoms with Gasteiger partial charge in [0.2, 0.25) is 0 Å². The van der Waals surface area contributed by atoms with Crippen molar-refractivity contribution in [1.29, 1.82) is 0 Å². The topological polar surface area (TPSA) is 83.3 Å². The standard InChI is InChI=1S/C18H15ClN4O2/c1-12(9-15-3-2-8-25-15)11-20-23-18(24)17-10-16(21-22-17)13-4-6-14(19)7-5-13/h2-11H,1H3,(H,21,22)(H,23,24)/b12-9-,20-11+. The molecule has 0 saturated heterocycles. The highest BCUT2D eigenvalue weighted by Crippen LogP contribution is 2.20. The first kappa shape index (κ1) is 16.7. The lowest BCUT2D eigenvalue weighted by Crippen LogP contribution is -2.17. The second-order valence-electron chi connectivity index (χ2n) is 5.28. The van der Waals surface area contributed by atoms with Crippen LogP contribution < -0.4 is 5.43 Å². The Hall–Kier alpha value is -3.12. The molecule has 0 aliphatic carbocycles. The molecule has 25 heavy (non-hydrogen) atoms. The Balaban J connectivity index is 1.62. The highest BCUT2D eigenvalue weighted by atomic mass is 35.5. The zero-order chi connectivity index (χ0) is 17.6. The molecule has 0 unspecified atom stereocenters. The Morgan fingerprint density at radius 1 is 1.32 bits per heavy atom. The van der Waals surface area contributed by atoms with Crippen molar-refractivity contribution >= 4 is 29.8 Å². The fourth-order valence-electron chi connectivity index (χ4n) is 2.09. The van der Waals surface area contributed by atoms with Gasteiger partial charge in [-0.15, -0.1) is 0 Å². The fraction of sp³-hybridized carbons (Fsp3) is 0.0556. The number of hydrogen-bond acceptors (Lipinski definition) is 4. The average molecular weight is 355 g/mol. The van der Waals surface area contributed by atoms with Crippen LogP contribution in [0.5, 0.6) is 0 Å². The number of carbonyl (C=O) groups is 1. The summed E-state index contributed by atoms with van der Waals surface area (Å²) in [5.74, 6) is 0.339. The number of halogens is 1. The molecule has 1 aromatic carbocycles. The Morgan fingerprint density at radius 2 is 2.12 bits per heavy atom. The van der Waals surface area contributed by atoms with Gasteiger partial charge < -0.3 is 4.42 Å². The van der Waals surface area contributed by atoms with Gasteiger partial charge in [0, 0.05) is 10.6 Å². The number of hydrazone groups is 1. The van der Waals surface area contributed by atoms with Gasteiger partial charge in [0.05, 0.1) is 18.2 Å². The van der Waals surface area contributed by atoms with E-state index in [9.17, 15) is 4.79 Å². The quantitative estimate of drug-likeness (QED) is 0.533. The van der Waals surface area contributed by atoms with Crippen molar-refractivity contribution in [3.8, 4) is 11.3 Å². The van der Waals surface area contributed by atoms with E-state index >= 15 is 0 Å². The van der Waals surface area contributed by atoms with Crippen LogP contribution in [0.4, 0.5) is 0 Å². The number of H-pyrrole nitrogens is 1. The molecule has 2 heterocycles. The van der Waals surface area contributed by atoms with Crippen LogP contribution >= 0.6 is 11.6 Å². The first-order chi connectivity index (χ1) is 12.1. The first-order valence-corrected chi connectivity index (χ1v) is 7.86.